The molecule has 0 spiro atoms. The Morgan fingerprint density at radius 3 is 1.63 bits per heavy atom. The number of benzene rings is 2. The summed E-state index contributed by atoms with van der Waals surface area (Å²) < 4.78 is 11.0. The predicted molar refractivity (Wildman–Crippen MR) is 72.0 cm³/mol. The number of hydrogen-bond donors (Lipinski definition) is 1. The number of nitrogens with zero attached hydrogens (tertiary/aromatic N) is 2. The molecule has 3 N–H and O–H groups in total. The van der Waals surface area contributed by atoms with E-state index < -0.39 is 8.53 Å². The van der Waals surface area contributed by atoms with Gasteiger partial charge in [-0.2, -0.15) is 0 Å². The predicted octanol–water partition coefficient (Wildman–Crippen LogP) is 3.10. The molecule has 98 valence electrons. The topological polar surface area (TPSA) is 100 Å². The highest BCUT2D eigenvalue weighted by atomic mass is 31.2. The van der Waals surface area contributed by atoms with E-state index in [1.807, 2.05) is 36.4 Å². The molecule has 0 saturated heterocycles. The maximum Gasteiger partial charge on any atom is 0.524 e. The maximum absolute atomic E-state index is 6.78. The van der Waals surface area contributed by atoms with Crippen LogP contribution in [0.4, 0.5) is 0 Å². The van der Waals surface area contributed by atoms with Crippen LogP contribution in [-0.4, -0.2) is 5.48 Å². The van der Waals surface area contributed by atoms with Crippen molar-refractivity contribution in [2.24, 2.45) is 4.88 Å². The molecule has 0 saturated carbocycles. The van der Waals surface area contributed by atoms with Gasteiger partial charge in [0.05, 0.1) is 0 Å². The lowest BCUT2D eigenvalue weighted by molar-refractivity contribution is 0.487. The van der Waals surface area contributed by atoms with E-state index in [-0.39, 0.29) is 5.48 Å². The average Bonchev–Trinajstić information content (AvgIpc) is 2.41. The lowest BCUT2D eigenvalue weighted by Crippen LogP contribution is -1.93. The Kier molecular flexibility index (Phi) is 6.19. The largest absolute Gasteiger partial charge is 0.524 e. The zero-order chi connectivity index (χ0) is 12.6. The monoisotopic (exact) mass is 278 g/mol. The van der Waals surface area contributed by atoms with Crippen molar-refractivity contribution in [2.75, 3.05) is 0 Å². The molecule has 19 heavy (non-hydrogen) atoms. The van der Waals surface area contributed by atoms with Crippen LogP contribution in [0.2, 0.25) is 0 Å². The van der Waals surface area contributed by atoms with Crippen LogP contribution in [0.1, 0.15) is 0 Å². The van der Waals surface area contributed by atoms with E-state index in [9.17, 15) is 0 Å². The molecule has 0 heterocycles. The molecule has 0 atom stereocenters. The van der Waals surface area contributed by atoms with Crippen LogP contribution < -0.4 is 14.0 Å². The summed E-state index contributed by atoms with van der Waals surface area (Å²) in [6.45, 7) is 0. The second kappa shape index (κ2) is 7.95. The van der Waals surface area contributed by atoms with Crippen molar-refractivity contribution in [1.82, 2.24) is 4.91 Å². The summed E-state index contributed by atoms with van der Waals surface area (Å²) in [5.41, 5.74) is 6.78. The maximum atomic E-state index is 6.78. The van der Waals surface area contributed by atoms with Gasteiger partial charge in [-0.3, -0.25) is 0 Å². The van der Waals surface area contributed by atoms with Gasteiger partial charge in [-0.1, -0.05) is 36.4 Å². The number of hydrogen-bond acceptors (Lipinski definition) is 4. The normalized spacial score (nSPS) is 9.11. The molecule has 0 aliphatic carbocycles. The Morgan fingerprint density at radius 2 is 1.26 bits per heavy atom. The van der Waals surface area contributed by atoms with Gasteiger partial charge in [0.15, 0.2) is 0 Å². The summed E-state index contributed by atoms with van der Waals surface area (Å²) in [6.07, 6.45) is 0. The number of para-hydroxylation sites is 2. The first-order valence-corrected chi connectivity index (χ1v) is 6.35. The van der Waals surface area contributed by atoms with Gasteiger partial charge in [-0.25, -0.2) is 0 Å². The summed E-state index contributed by atoms with van der Waals surface area (Å²) in [6, 6.07) is 18.4. The van der Waals surface area contributed by atoms with Crippen molar-refractivity contribution in [1.29, 1.82) is 5.53 Å². The molecular formula is C12H13N3O3P+. The Morgan fingerprint density at radius 1 is 0.842 bits per heavy atom. The van der Waals surface area contributed by atoms with Crippen LogP contribution in [0.5, 0.6) is 11.5 Å². The molecule has 2 aromatic rings. The lowest BCUT2D eigenvalue weighted by atomic mass is 10.3. The van der Waals surface area contributed by atoms with Crippen molar-refractivity contribution in [3.8, 4) is 11.5 Å². The van der Waals surface area contributed by atoms with Gasteiger partial charge in [0.2, 0.25) is 9.80 Å². The third-order valence-electron chi connectivity index (χ3n) is 1.97. The van der Waals surface area contributed by atoms with E-state index in [0.717, 1.165) is 0 Å². The zero-order valence-corrected chi connectivity index (χ0v) is 10.8. The standard InChI is InChI=1S/C12H11N3O2P.H2O/c13-14-15-18(16-11-7-3-1-4-8-11)17-12-9-5-2-6-10-12;/h1-10,13H;1H2/q+1;. The highest BCUT2D eigenvalue weighted by Gasteiger charge is 2.20. The Bertz CT molecular complexity index is 491. The molecule has 0 fully saturated rings. The van der Waals surface area contributed by atoms with Gasteiger partial charge in [-0.15, -0.1) is 0 Å². The highest BCUT2D eigenvalue weighted by Crippen LogP contribution is 2.40. The minimum Gasteiger partial charge on any atom is -0.418 e. The van der Waals surface area contributed by atoms with Gasteiger partial charge >= 0.3 is 8.53 Å². The Balaban J connectivity index is 0.00000180. The van der Waals surface area contributed by atoms with Crippen molar-refractivity contribution >= 4 is 8.53 Å². The van der Waals surface area contributed by atoms with Gasteiger partial charge in [0, 0.05) is 0 Å². The molecule has 0 bridgehead atoms. The van der Waals surface area contributed by atoms with E-state index in [2.05, 4.69) is 9.80 Å². The van der Waals surface area contributed by atoms with Crippen LogP contribution in [0.25, 0.3) is 0 Å². The highest BCUT2D eigenvalue weighted by molar-refractivity contribution is 7.46. The van der Waals surface area contributed by atoms with Crippen molar-refractivity contribution in [2.45, 2.75) is 0 Å². The molecule has 2 rings (SSSR count). The van der Waals surface area contributed by atoms with Gasteiger partial charge in [0.1, 0.15) is 17.0 Å². The van der Waals surface area contributed by atoms with E-state index in [4.69, 9.17) is 14.6 Å². The minimum absolute atomic E-state index is 0. The Hall–Kier alpha value is -2.26. The quantitative estimate of drug-likeness (QED) is 0.516. The van der Waals surface area contributed by atoms with Gasteiger partial charge in [0.25, 0.3) is 0 Å². The second-order valence-electron chi connectivity index (χ2n) is 3.24. The summed E-state index contributed by atoms with van der Waals surface area (Å²) in [5.74, 6) is 1.26. The SMILES string of the molecule is N=[N+]=NP(Oc1ccccc1)Oc1ccccc1.O. The molecule has 6 nitrogen and oxygen atoms in total. The molecule has 0 aromatic heterocycles. The number of rotatable bonds is 5. The van der Waals surface area contributed by atoms with Gasteiger partial charge < -0.3 is 14.5 Å². The molecule has 0 radical (unpaired) electrons. The molecule has 0 aliphatic rings. The molecule has 7 heteroatoms. The smallest absolute Gasteiger partial charge is 0.418 e. The van der Waals surface area contributed by atoms with E-state index >= 15 is 0 Å². The Labute approximate surface area is 111 Å². The van der Waals surface area contributed by atoms with Crippen LogP contribution in [0, 0.1) is 5.53 Å². The van der Waals surface area contributed by atoms with E-state index in [1.54, 1.807) is 24.3 Å². The minimum atomic E-state index is -1.64. The summed E-state index contributed by atoms with van der Waals surface area (Å²) in [4.78, 5) is 6.61. The van der Waals surface area contributed by atoms with E-state index in [0.29, 0.717) is 11.5 Å². The lowest BCUT2D eigenvalue weighted by Gasteiger charge is -2.08. The van der Waals surface area contributed by atoms with Crippen LogP contribution >= 0.6 is 8.53 Å². The second-order valence-corrected chi connectivity index (χ2v) is 4.26. The summed E-state index contributed by atoms with van der Waals surface area (Å²) in [5, 5.41) is 0. The van der Waals surface area contributed by atoms with Crippen molar-refractivity contribution < 1.29 is 14.5 Å². The van der Waals surface area contributed by atoms with Gasteiger partial charge in [-0.05, 0) is 24.3 Å². The molecule has 0 unspecified atom stereocenters. The first-order valence-electron chi connectivity index (χ1n) is 5.22. The molecule has 0 amide bonds. The van der Waals surface area contributed by atoms with E-state index in [1.165, 1.54) is 0 Å². The molecule has 0 aliphatic heterocycles. The first-order chi connectivity index (χ1) is 8.88. The fraction of sp³-hybridized carbons (Fsp3) is 0. The van der Waals surface area contributed by atoms with Crippen molar-refractivity contribution in [3.05, 3.63) is 60.7 Å². The third-order valence-corrected chi connectivity index (χ3v) is 2.94. The van der Waals surface area contributed by atoms with Crippen LogP contribution in [0.15, 0.2) is 65.5 Å². The fourth-order valence-corrected chi connectivity index (χ4v) is 2.02. The number of nitrogens with one attached hydrogen (secondary N) is 1. The third kappa shape index (κ3) is 4.85. The molecule has 2 aromatic carbocycles. The van der Waals surface area contributed by atoms with Crippen LogP contribution in [0.3, 0.4) is 0 Å². The first kappa shape index (κ1) is 14.8. The summed E-state index contributed by atoms with van der Waals surface area (Å²) in [7, 11) is -1.64. The molecular weight excluding hydrogens is 265 g/mol. The average molecular weight is 278 g/mol. The fourth-order valence-electron chi connectivity index (χ4n) is 1.23. The van der Waals surface area contributed by atoms with Crippen molar-refractivity contribution in [3.63, 3.8) is 0 Å². The van der Waals surface area contributed by atoms with Crippen LogP contribution in [-0.2, 0) is 0 Å². The summed E-state index contributed by atoms with van der Waals surface area (Å²) >= 11 is 0. The zero-order valence-electron chi connectivity index (χ0n) is 9.93.